The highest BCUT2D eigenvalue weighted by Crippen LogP contribution is 2.56. The standard InChI is InChI=1S/C37H40BrFN6O4/c1-19-13-26(14-20(2)31(19)39)45-32(38)30-22(4)43(11-9-27(30)41-45)33(46)29-16-25-15-23(24-10-12-48-36(5,6)18-24)7-8-28(25)44(29)37(17-21(37)3)34-40-35(47)49-42-34/h7-8,13-16,21-22,24H,9-12,17-18H2,1-6H3,(H,40,42,47)/t21-,22-,24-,37-/m0/s1. The summed E-state index contributed by atoms with van der Waals surface area (Å²) in [7, 11) is 0. The van der Waals surface area contributed by atoms with Crippen LogP contribution >= 0.6 is 15.9 Å². The van der Waals surface area contributed by atoms with E-state index in [0.717, 1.165) is 45.3 Å². The quantitative estimate of drug-likeness (QED) is 0.204. The van der Waals surface area contributed by atoms with Crippen molar-refractivity contribution in [3.8, 4) is 5.69 Å². The van der Waals surface area contributed by atoms with Gasteiger partial charge in [0, 0.05) is 36.0 Å². The van der Waals surface area contributed by atoms with Crippen LogP contribution in [-0.4, -0.2) is 54.0 Å². The average molecular weight is 732 g/mol. The van der Waals surface area contributed by atoms with E-state index in [2.05, 4.69) is 69.6 Å². The first-order chi connectivity index (χ1) is 23.3. The Kier molecular flexibility index (Phi) is 7.39. The van der Waals surface area contributed by atoms with Gasteiger partial charge in [-0.2, -0.15) is 5.10 Å². The van der Waals surface area contributed by atoms with Crippen LogP contribution in [0.3, 0.4) is 0 Å². The summed E-state index contributed by atoms with van der Waals surface area (Å²) in [5, 5.41) is 10.0. The molecule has 0 unspecified atom stereocenters. The van der Waals surface area contributed by atoms with Crippen LogP contribution in [0.2, 0.25) is 0 Å². The Hall–Kier alpha value is -4.03. The van der Waals surface area contributed by atoms with Gasteiger partial charge < -0.3 is 14.2 Å². The van der Waals surface area contributed by atoms with Crippen LogP contribution in [0.25, 0.3) is 16.6 Å². The van der Waals surface area contributed by atoms with Gasteiger partial charge in [0.2, 0.25) is 0 Å². The fourth-order valence-corrected chi connectivity index (χ4v) is 9.27. The molecule has 5 aromatic rings. The molecule has 2 aliphatic heterocycles. The monoisotopic (exact) mass is 730 g/mol. The zero-order valence-electron chi connectivity index (χ0n) is 28.6. The van der Waals surface area contributed by atoms with Gasteiger partial charge in [-0.1, -0.05) is 18.1 Å². The van der Waals surface area contributed by atoms with E-state index in [1.54, 1.807) is 30.7 Å². The summed E-state index contributed by atoms with van der Waals surface area (Å²) in [6.07, 6.45) is 3.12. The molecule has 12 heteroatoms. The van der Waals surface area contributed by atoms with Crippen LogP contribution in [0.5, 0.6) is 0 Å². The molecule has 3 aromatic heterocycles. The first kappa shape index (κ1) is 32.2. The Labute approximate surface area is 291 Å². The molecule has 1 saturated heterocycles. The van der Waals surface area contributed by atoms with E-state index < -0.39 is 11.3 Å². The zero-order chi connectivity index (χ0) is 34.6. The lowest BCUT2D eigenvalue weighted by atomic mass is 9.83. The third-order valence-corrected chi connectivity index (χ3v) is 11.8. The summed E-state index contributed by atoms with van der Waals surface area (Å²) in [4.78, 5) is 31.8. The second-order valence-electron chi connectivity index (χ2n) is 14.8. The molecule has 8 rings (SSSR count). The van der Waals surface area contributed by atoms with E-state index in [1.807, 2.05) is 17.9 Å². The van der Waals surface area contributed by atoms with E-state index in [4.69, 9.17) is 14.4 Å². The lowest BCUT2D eigenvalue weighted by Gasteiger charge is -2.35. The van der Waals surface area contributed by atoms with Gasteiger partial charge >= 0.3 is 5.76 Å². The summed E-state index contributed by atoms with van der Waals surface area (Å²) < 4.78 is 30.1. The number of ether oxygens (including phenoxy) is 1. The number of rotatable bonds is 5. The van der Waals surface area contributed by atoms with Crippen LogP contribution < -0.4 is 5.76 Å². The molecule has 2 aromatic carbocycles. The number of hydrogen-bond donors (Lipinski definition) is 1. The largest absolute Gasteiger partial charge is 0.438 e. The van der Waals surface area contributed by atoms with E-state index in [1.165, 1.54) is 5.56 Å². The van der Waals surface area contributed by atoms with E-state index in [9.17, 15) is 14.0 Å². The van der Waals surface area contributed by atoms with Crippen LogP contribution in [0.4, 0.5) is 4.39 Å². The lowest BCUT2D eigenvalue weighted by molar-refractivity contribution is -0.0592. The van der Waals surface area contributed by atoms with Crippen molar-refractivity contribution >= 4 is 32.7 Å². The average Bonchev–Trinajstić information content (AvgIpc) is 3.37. The van der Waals surface area contributed by atoms with E-state index >= 15 is 0 Å². The Bertz CT molecular complexity index is 2190. The van der Waals surface area contributed by atoms with Crippen molar-refractivity contribution in [3.63, 3.8) is 0 Å². The summed E-state index contributed by atoms with van der Waals surface area (Å²) in [5.41, 5.74) is 5.45. The maximum atomic E-state index is 14.9. The van der Waals surface area contributed by atoms with Crippen molar-refractivity contribution in [3.05, 3.63) is 96.8 Å². The molecule has 4 atom stereocenters. The van der Waals surface area contributed by atoms with E-state index in [0.29, 0.717) is 54.6 Å². The number of hydrogen-bond acceptors (Lipinski definition) is 6. The number of nitrogens with one attached hydrogen (secondary N) is 1. The number of benzene rings is 2. The zero-order valence-corrected chi connectivity index (χ0v) is 30.1. The fraction of sp³-hybridized carbons (Fsp3) is 0.459. The highest BCUT2D eigenvalue weighted by Gasteiger charge is 2.59. The molecule has 0 bridgehead atoms. The number of carbonyl (C=O) groups is 1. The summed E-state index contributed by atoms with van der Waals surface area (Å²) >= 11 is 3.80. The first-order valence-corrected chi connectivity index (χ1v) is 17.8. The number of carbonyl (C=O) groups excluding carboxylic acids is 1. The Morgan fingerprint density at radius 1 is 1.10 bits per heavy atom. The second kappa shape index (κ2) is 11.2. The second-order valence-corrected chi connectivity index (χ2v) is 15.6. The minimum atomic E-state index is -0.727. The molecule has 49 heavy (non-hydrogen) atoms. The summed E-state index contributed by atoms with van der Waals surface area (Å²) in [6.45, 7) is 13.1. The van der Waals surface area contributed by atoms with Crippen molar-refractivity contribution in [1.82, 2.24) is 29.4 Å². The van der Waals surface area contributed by atoms with Gasteiger partial charge in [0.25, 0.3) is 5.91 Å². The predicted octanol–water partition coefficient (Wildman–Crippen LogP) is 7.24. The van der Waals surface area contributed by atoms with Crippen LogP contribution in [0.1, 0.15) is 103 Å². The Morgan fingerprint density at radius 3 is 2.49 bits per heavy atom. The molecule has 256 valence electrons. The van der Waals surface area contributed by atoms with Gasteiger partial charge in [0.15, 0.2) is 5.82 Å². The first-order valence-electron chi connectivity index (χ1n) is 17.0. The van der Waals surface area contributed by atoms with Gasteiger partial charge in [-0.25, -0.2) is 13.9 Å². The fourth-order valence-electron chi connectivity index (χ4n) is 8.43. The van der Waals surface area contributed by atoms with Gasteiger partial charge in [0.1, 0.15) is 21.7 Å². The van der Waals surface area contributed by atoms with Crippen molar-refractivity contribution in [2.75, 3.05) is 13.2 Å². The van der Waals surface area contributed by atoms with Crippen molar-refractivity contribution in [2.45, 2.75) is 90.3 Å². The Morgan fingerprint density at radius 2 is 1.84 bits per heavy atom. The molecular weight excluding hydrogens is 691 g/mol. The van der Waals surface area contributed by atoms with E-state index in [-0.39, 0.29) is 29.3 Å². The molecule has 1 N–H and O–H groups in total. The number of fused-ring (bicyclic) bond motifs is 2. The number of H-pyrrole nitrogens is 1. The Balaban J connectivity index is 1.22. The maximum absolute atomic E-state index is 14.9. The highest BCUT2D eigenvalue weighted by atomic mass is 79.9. The van der Waals surface area contributed by atoms with Crippen molar-refractivity contribution < 1.29 is 18.4 Å². The van der Waals surface area contributed by atoms with Crippen molar-refractivity contribution in [2.24, 2.45) is 5.92 Å². The molecular formula is C37H40BrFN6O4. The summed E-state index contributed by atoms with van der Waals surface area (Å²) in [6, 6.07) is 11.8. The minimum absolute atomic E-state index is 0.103. The number of nitrogens with zero attached hydrogens (tertiary/aromatic N) is 5. The molecule has 2 fully saturated rings. The SMILES string of the molecule is Cc1cc(-n2nc3c(c2Br)[C@H](C)N(C(=O)c2cc4cc([C@H]5CCOC(C)(C)C5)ccc4n2[C@@]2(c4noc(=O)[nH]4)C[C@@H]2C)CC3)cc(C)c1F. The van der Waals surface area contributed by atoms with Crippen molar-refractivity contribution in [1.29, 1.82) is 0 Å². The number of halogens is 2. The maximum Gasteiger partial charge on any atom is 0.438 e. The van der Waals surface area contributed by atoms with Gasteiger partial charge in [-0.15, -0.1) is 0 Å². The molecule has 1 amide bonds. The molecule has 5 heterocycles. The molecule has 0 spiro atoms. The smallest absolute Gasteiger partial charge is 0.376 e. The van der Waals surface area contributed by atoms with Gasteiger partial charge in [-0.05, 0) is 129 Å². The predicted molar refractivity (Wildman–Crippen MR) is 186 cm³/mol. The third kappa shape index (κ3) is 5.04. The normalized spacial score (nSPS) is 24.7. The number of aromatic amines is 1. The number of aryl methyl sites for hydroxylation is 2. The van der Waals surface area contributed by atoms with Crippen LogP contribution in [0, 0.1) is 25.6 Å². The molecule has 0 radical (unpaired) electrons. The number of amides is 1. The minimum Gasteiger partial charge on any atom is -0.376 e. The lowest BCUT2D eigenvalue weighted by Crippen LogP contribution is -2.40. The number of aromatic nitrogens is 5. The van der Waals surface area contributed by atoms with Crippen LogP contribution in [0.15, 0.2) is 50.3 Å². The highest BCUT2D eigenvalue weighted by molar-refractivity contribution is 9.10. The van der Waals surface area contributed by atoms with Gasteiger partial charge in [-0.3, -0.25) is 14.3 Å². The van der Waals surface area contributed by atoms with Gasteiger partial charge in [0.05, 0.1) is 23.0 Å². The van der Waals surface area contributed by atoms with Crippen LogP contribution in [-0.2, 0) is 16.7 Å². The molecule has 1 aliphatic carbocycles. The summed E-state index contributed by atoms with van der Waals surface area (Å²) in [5.74, 6) is -0.0762. The molecule has 3 aliphatic rings. The molecule has 1 saturated carbocycles. The topological polar surface area (TPSA) is 111 Å². The third-order valence-electron chi connectivity index (χ3n) is 11.1. The molecule has 10 nitrogen and oxygen atoms in total.